The summed E-state index contributed by atoms with van der Waals surface area (Å²) in [6.45, 7) is 4.31. The molecule has 31 heavy (non-hydrogen) atoms. The summed E-state index contributed by atoms with van der Waals surface area (Å²) in [6, 6.07) is 13.1. The molecule has 8 nitrogen and oxygen atoms in total. The monoisotopic (exact) mass is 434 g/mol. The lowest BCUT2D eigenvalue weighted by atomic mass is 10.1. The number of hydrogen-bond donors (Lipinski definition) is 1. The first-order valence-electron chi connectivity index (χ1n) is 9.69. The first-order valence-corrected chi connectivity index (χ1v) is 10.7. The van der Waals surface area contributed by atoms with Gasteiger partial charge in [0.2, 0.25) is 11.7 Å². The van der Waals surface area contributed by atoms with E-state index in [1.165, 1.54) is 11.8 Å². The van der Waals surface area contributed by atoms with Crippen molar-refractivity contribution in [3.8, 4) is 11.6 Å². The first kappa shape index (κ1) is 20.7. The summed E-state index contributed by atoms with van der Waals surface area (Å²) in [4.78, 5) is 17.3. The number of aryl methyl sites for hydroxylation is 1. The molecule has 4 rings (SSSR count). The first-order chi connectivity index (χ1) is 15.2. The van der Waals surface area contributed by atoms with Gasteiger partial charge in [0.25, 0.3) is 0 Å². The third-order valence-corrected chi connectivity index (χ3v) is 5.62. The van der Waals surface area contributed by atoms with Crippen LogP contribution in [0.1, 0.15) is 17.4 Å². The van der Waals surface area contributed by atoms with Gasteiger partial charge in [0.1, 0.15) is 11.9 Å². The summed E-state index contributed by atoms with van der Waals surface area (Å²) < 4.78 is 9.22. The Balaban J connectivity index is 1.49. The van der Waals surface area contributed by atoms with E-state index in [0.29, 0.717) is 23.3 Å². The van der Waals surface area contributed by atoms with Gasteiger partial charge in [0.15, 0.2) is 10.9 Å². The highest BCUT2D eigenvalue weighted by atomic mass is 32.2. The Morgan fingerprint density at radius 2 is 2.10 bits per heavy atom. The van der Waals surface area contributed by atoms with Crippen molar-refractivity contribution in [3.05, 3.63) is 85.2 Å². The van der Waals surface area contributed by atoms with Crippen LogP contribution in [-0.2, 0) is 18.4 Å². The number of furan rings is 1. The standard InChI is InChI=1S/C22H22N6O2S/c1-3-12-28-20(17-10-7-14-30-17)25-26-22(28)31-15-18(29)24-19(16-8-5-4-6-9-16)21-23-11-13-27(21)2/h3-11,13-14,19H,1,12,15H2,2H3,(H,24,29). The van der Waals surface area contributed by atoms with Crippen LogP contribution in [0.25, 0.3) is 11.6 Å². The molecule has 1 amide bonds. The molecule has 4 aromatic rings. The Morgan fingerprint density at radius 1 is 1.26 bits per heavy atom. The van der Waals surface area contributed by atoms with Crippen LogP contribution in [0, 0.1) is 0 Å². The number of rotatable bonds is 9. The second-order valence-electron chi connectivity index (χ2n) is 6.78. The molecule has 0 saturated heterocycles. The number of thioether (sulfide) groups is 1. The zero-order valence-electron chi connectivity index (χ0n) is 17.0. The number of amides is 1. The van der Waals surface area contributed by atoms with Gasteiger partial charge in [0.05, 0.1) is 12.0 Å². The second-order valence-corrected chi connectivity index (χ2v) is 7.72. The van der Waals surface area contributed by atoms with Crippen LogP contribution in [0.15, 0.2) is 83.3 Å². The Morgan fingerprint density at radius 3 is 2.77 bits per heavy atom. The molecule has 0 saturated carbocycles. The van der Waals surface area contributed by atoms with Gasteiger partial charge in [0, 0.05) is 26.0 Å². The number of nitrogens with zero attached hydrogens (tertiary/aromatic N) is 5. The lowest BCUT2D eigenvalue weighted by Crippen LogP contribution is -2.32. The van der Waals surface area contributed by atoms with Gasteiger partial charge in [-0.25, -0.2) is 4.98 Å². The van der Waals surface area contributed by atoms with Crippen LogP contribution in [0.5, 0.6) is 0 Å². The quantitative estimate of drug-likeness (QED) is 0.320. The van der Waals surface area contributed by atoms with E-state index < -0.39 is 0 Å². The molecule has 158 valence electrons. The van der Waals surface area contributed by atoms with E-state index in [1.54, 1.807) is 24.6 Å². The van der Waals surface area contributed by atoms with Crippen molar-refractivity contribution in [3.63, 3.8) is 0 Å². The fraction of sp³-hybridized carbons (Fsp3) is 0.182. The lowest BCUT2D eigenvalue weighted by Gasteiger charge is -2.19. The number of imidazole rings is 1. The van der Waals surface area contributed by atoms with Gasteiger partial charge in [-0.3, -0.25) is 9.36 Å². The molecule has 0 bridgehead atoms. The summed E-state index contributed by atoms with van der Waals surface area (Å²) in [5, 5.41) is 12.2. The van der Waals surface area contributed by atoms with Crippen LogP contribution < -0.4 is 5.32 Å². The fourth-order valence-electron chi connectivity index (χ4n) is 3.21. The van der Waals surface area contributed by atoms with E-state index in [2.05, 4.69) is 27.1 Å². The molecule has 1 unspecified atom stereocenters. The molecule has 0 fully saturated rings. The minimum Gasteiger partial charge on any atom is -0.461 e. The molecule has 3 aromatic heterocycles. The maximum atomic E-state index is 12.8. The average Bonchev–Trinajstić information content (AvgIpc) is 3.53. The molecule has 1 N–H and O–H groups in total. The number of hydrogen-bond acceptors (Lipinski definition) is 6. The van der Waals surface area contributed by atoms with Crippen LogP contribution in [0.3, 0.4) is 0 Å². The van der Waals surface area contributed by atoms with Crippen molar-refractivity contribution < 1.29 is 9.21 Å². The zero-order valence-corrected chi connectivity index (χ0v) is 17.8. The Hall–Kier alpha value is -3.59. The van der Waals surface area contributed by atoms with Crippen molar-refractivity contribution in [2.75, 3.05) is 5.75 Å². The largest absolute Gasteiger partial charge is 0.461 e. The maximum absolute atomic E-state index is 12.8. The van der Waals surface area contributed by atoms with Crippen LogP contribution in [0.2, 0.25) is 0 Å². The van der Waals surface area contributed by atoms with Gasteiger partial charge in [-0.1, -0.05) is 48.2 Å². The van der Waals surface area contributed by atoms with Gasteiger partial charge >= 0.3 is 0 Å². The maximum Gasteiger partial charge on any atom is 0.231 e. The van der Waals surface area contributed by atoms with E-state index in [-0.39, 0.29) is 17.7 Å². The summed E-state index contributed by atoms with van der Waals surface area (Å²) >= 11 is 1.31. The number of carbonyl (C=O) groups excluding carboxylic acids is 1. The van der Waals surface area contributed by atoms with Crippen molar-refractivity contribution in [1.82, 2.24) is 29.6 Å². The van der Waals surface area contributed by atoms with Crippen molar-refractivity contribution in [2.24, 2.45) is 7.05 Å². The zero-order chi connectivity index (χ0) is 21.6. The van der Waals surface area contributed by atoms with E-state index >= 15 is 0 Å². The fourth-order valence-corrected chi connectivity index (χ4v) is 3.97. The summed E-state index contributed by atoms with van der Waals surface area (Å²) in [7, 11) is 1.91. The van der Waals surface area contributed by atoms with E-state index in [4.69, 9.17) is 4.42 Å². The molecule has 0 radical (unpaired) electrons. The molecule has 1 aromatic carbocycles. The van der Waals surface area contributed by atoms with Gasteiger partial charge in [-0.15, -0.1) is 16.8 Å². The van der Waals surface area contributed by atoms with E-state index in [1.807, 2.05) is 58.8 Å². The smallest absolute Gasteiger partial charge is 0.231 e. The Kier molecular flexibility index (Phi) is 6.32. The number of carbonyl (C=O) groups is 1. The van der Waals surface area contributed by atoms with Gasteiger partial charge < -0.3 is 14.3 Å². The Labute approximate surface area is 184 Å². The lowest BCUT2D eigenvalue weighted by molar-refractivity contribution is -0.119. The molecular weight excluding hydrogens is 412 g/mol. The SMILES string of the molecule is C=CCn1c(SCC(=O)NC(c2ccccc2)c2nccn2C)nnc1-c1ccco1. The predicted molar refractivity (Wildman–Crippen MR) is 118 cm³/mol. The third kappa shape index (κ3) is 4.61. The van der Waals surface area contributed by atoms with Crippen molar-refractivity contribution in [1.29, 1.82) is 0 Å². The van der Waals surface area contributed by atoms with Gasteiger partial charge in [-0.05, 0) is 17.7 Å². The number of benzene rings is 1. The number of aromatic nitrogens is 5. The number of nitrogens with one attached hydrogen (secondary N) is 1. The molecular formula is C22H22N6O2S. The molecule has 9 heteroatoms. The Bertz CT molecular complexity index is 1150. The van der Waals surface area contributed by atoms with Crippen LogP contribution in [0.4, 0.5) is 0 Å². The van der Waals surface area contributed by atoms with Crippen LogP contribution >= 0.6 is 11.8 Å². The highest BCUT2D eigenvalue weighted by molar-refractivity contribution is 7.99. The molecule has 0 aliphatic heterocycles. The molecule has 3 heterocycles. The highest BCUT2D eigenvalue weighted by Gasteiger charge is 2.22. The minimum atomic E-state index is -0.348. The summed E-state index contributed by atoms with van der Waals surface area (Å²) in [6.07, 6.45) is 6.93. The summed E-state index contributed by atoms with van der Waals surface area (Å²) in [5.74, 6) is 2.03. The average molecular weight is 435 g/mol. The van der Waals surface area contributed by atoms with Crippen molar-refractivity contribution >= 4 is 17.7 Å². The van der Waals surface area contributed by atoms with E-state index in [0.717, 1.165) is 11.4 Å². The second kappa shape index (κ2) is 9.48. The molecule has 0 aliphatic carbocycles. The predicted octanol–water partition coefficient (Wildman–Crippen LogP) is 3.46. The van der Waals surface area contributed by atoms with Gasteiger partial charge in [-0.2, -0.15) is 0 Å². The normalized spacial score (nSPS) is 11.9. The molecule has 1 atom stereocenters. The van der Waals surface area contributed by atoms with Crippen molar-refractivity contribution in [2.45, 2.75) is 17.7 Å². The molecule has 0 aliphatic rings. The van der Waals surface area contributed by atoms with Crippen LogP contribution in [-0.4, -0.2) is 36.0 Å². The van der Waals surface area contributed by atoms with E-state index in [9.17, 15) is 4.79 Å². The minimum absolute atomic E-state index is 0.130. The summed E-state index contributed by atoms with van der Waals surface area (Å²) in [5.41, 5.74) is 0.963. The molecule has 0 spiro atoms. The highest BCUT2D eigenvalue weighted by Crippen LogP contribution is 2.25. The third-order valence-electron chi connectivity index (χ3n) is 4.66. The topological polar surface area (TPSA) is 90.8 Å². The number of allylic oxidation sites excluding steroid dienone is 1.